The highest BCUT2D eigenvalue weighted by Gasteiger charge is 2.30. The van der Waals surface area contributed by atoms with Crippen LogP contribution in [0.2, 0.25) is 5.02 Å². The van der Waals surface area contributed by atoms with E-state index < -0.39 is 22.6 Å². The molecule has 4 aromatic rings. The third-order valence-electron chi connectivity index (χ3n) is 5.14. The number of aryl methyl sites for hydroxylation is 1. The number of nitrogens with zero attached hydrogens (tertiary/aromatic N) is 2. The number of nitro groups is 1. The summed E-state index contributed by atoms with van der Waals surface area (Å²) >= 11 is 6.03. The van der Waals surface area contributed by atoms with Crippen LogP contribution in [-0.2, 0) is 6.18 Å². The minimum Gasteiger partial charge on any atom is -0.340 e. The second-order valence-corrected chi connectivity index (χ2v) is 8.04. The lowest BCUT2D eigenvalue weighted by Gasteiger charge is -2.13. The van der Waals surface area contributed by atoms with Gasteiger partial charge in [-0.1, -0.05) is 17.7 Å². The quantitative estimate of drug-likeness (QED) is 0.224. The molecule has 0 spiro atoms. The number of alkyl halides is 3. The average Bonchev–Trinajstić information content (AvgIpc) is 2.79. The molecule has 0 aliphatic carbocycles. The molecule has 178 valence electrons. The molecule has 0 bridgehead atoms. The number of aromatic nitrogens is 1. The molecule has 1 amide bonds. The van der Waals surface area contributed by atoms with E-state index in [1.165, 1.54) is 24.3 Å². The molecule has 4 rings (SSSR count). The number of carbonyl (C=O) groups is 1. The molecule has 0 fully saturated rings. The van der Waals surface area contributed by atoms with Crippen LogP contribution in [0.25, 0.3) is 10.9 Å². The molecule has 0 atom stereocenters. The van der Waals surface area contributed by atoms with Gasteiger partial charge in [0.1, 0.15) is 5.82 Å². The first-order chi connectivity index (χ1) is 16.5. The molecule has 7 nitrogen and oxygen atoms in total. The molecule has 35 heavy (non-hydrogen) atoms. The topological polar surface area (TPSA) is 97.2 Å². The van der Waals surface area contributed by atoms with Gasteiger partial charge in [0.15, 0.2) is 0 Å². The van der Waals surface area contributed by atoms with Crippen molar-refractivity contribution in [1.29, 1.82) is 0 Å². The van der Waals surface area contributed by atoms with Crippen molar-refractivity contribution in [1.82, 2.24) is 4.98 Å². The number of hydrogen-bond donors (Lipinski definition) is 2. The van der Waals surface area contributed by atoms with Crippen LogP contribution in [0.5, 0.6) is 0 Å². The summed E-state index contributed by atoms with van der Waals surface area (Å²) in [5.41, 5.74) is 1.10. The minimum atomic E-state index is -4.45. The van der Waals surface area contributed by atoms with Crippen LogP contribution in [0.1, 0.15) is 21.5 Å². The molecular formula is C24H16ClF3N4O3. The predicted molar refractivity (Wildman–Crippen MR) is 127 cm³/mol. The number of pyridine rings is 1. The normalized spacial score (nSPS) is 11.3. The van der Waals surface area contributed by atoms with Gasteiger partial charge in [-0.15, -0.1) is 0 Å². The smallest absolute Gasteiger partial charge is 0.340 e. The van der Waals surface area contributed by atoms with Crippen molar-refractivity contribution in [3.05, 3.63) is 98.6 Å². The highest BCUT2D eigenvalue weighted by atomic mass is 35.5. The summed E-state index contributed by atoms with van der Waals surface area (Å²) in [4.78, 5) is 27.3. The SMILES string of the molecule is Cc1cc(Nc2cccc(C(F)(F)F)c2)nc2ccc(NC(=O)c3ccc([N+](=O)[O-])cc3Cl)cc12. The number of carbonyl (C=O) groups excluding carboxylic acids is 1. The third kappa shape index (κ3) is 5.33. The summed E-state index contributed by atoms with van der Waals surface area (Å²) in [6.45, 7) is 1.81. The maximum atomic E-state index is 13.0. The Morgan fingerprint density at radius 2 is 1.80 bits per heavy atom. The first-order valence-electron chi connectivity index (χ1n) is 10.1. The fourth-order valence-corrected chi connectivity index (χ4v) is 3.72. The van der Waals surface area contributed by atoms with Crippen LogP contribution in [0.3, 0.4) is 0 Å². The number of halogens is 4. The monoisotopic (exact) mass is 500 g/mol. The van der Waals surface area contributed by atoms with Crippen LogP contribution in [-0.4, -0.2) is 15.8 Å². The number of nitrogens with one attached hydrogen (secondary N) is 2. The summed E-state index contributed by atoms with van der Waals surface area (Å²) in [5, 5.41) is 17.1. The van der Waals surface area contributed by atoms with E-state index in [1.54, 1.807) is 31.2 Å². The van der Waals surface area contributed by atoms with Gasteiger partial charge in [0.05, 0.1) is 26.6 Å². The molecule has 0 aliphatic heterocycles. The van der Waals surface area contributed by atoms with Crippen molar-refractivity contribution in [2.45, 2.75) is 13.1 Å². The Kier molecular flexibility index (Phi) is 6.31. The van der Waals surface area contributed by atoms with Gasteiger partial charge < -0.3 is 10.6 Å². The summed E-state index contributed by atoms with van der Waals surface area (Å²) in [6.07, 6.45) is -4.45. The number of non-ortho nitro benzene ring substituents is 1. The molecule has 2 N–H and O–H groups in total. The van der Waals surface area contributed by atoms with Gasteiger partial charge in [0.2, 0.25) is 0 Å². The van der Waals surface area contributed by atoms with Gasteiger partial charge in [-0.2, -0.15) is 13.2 Å². The van der Waals surface area contributed by atoms with Gasteiger partial charge >= 0.3 is 6.18 Å². The van der Waals surface area contributed by atoms with E-state index in [9.17, 15) is 28.1 Å². The zero-order chi connectivity index (χ0) is 25.3. The van der Waals surface area contributed by atoms with Gasteiger partial charge in [-0.05, 0) is 61.0 Å². The van der Waals surface area contributed by atoms with Crippen molar-refractivity contribution >= 4 is 51.3 Å². The zero-order valence-electron chi connectivity index (χ0n) is 18.0. The van der Waals surface area contributed by atoms with Crippen molar-refractivity contribution in [3.8, 4) is 0 Å². The maximum Gasteiger partial charge on any atom is 0.416 e. The molecule has 1 heterocycles. The average molecular weight is 501 g/mol. The summed E-state index contributed by atoms with van der Waals surface area (Å²) in [6, 6.07) is 15.0. The van der Waals surface area contributed by atoms with Crippen LogP contribution in [0.15, 0.2) is 66.7 Å². The second-order valence-electron chi connectivity index (χ2n) is 7.64. The van der Waals surface area contributed by atoms with E-state index in [4.69, 9.17) is 11.6 Å². The van der Waals surface area contributed by atoms with Gasteiger partial charge in [0.25, 0.3) is 11.6 Å². The standard InChI is InChI=1S/C24H16ClF3N4O3/c1-13-9-22(29-15-4-2-3-14(10-15)24(26,27)28)31-21-8-5-16(11-19(13)21)30-23(33)18-7-6-17(32(34)35)12-20(18)25/h2-12H,1H3,(H,29,31)(H,30,33). The molecule has 0 unspecified atom stereocenters. The third-order valence-corrected chi connectivity index (χ3v) is 5.46. The van der Waals surface area contributed by atoms with Crippen LogP contribution >= 0.6 is 11.6 Å². The highest BCUT2D eigenvalue weighted by molar-refractivity contribution is 6.34. The second kappa shape index (κ2) is 9.22. The predicted octanol–water partition coefficient (Wildman–Crippen LogP) is 7.12. The summed E-state index contributed by atoms with van der Waals surface area (Å²) < 4.78 is 38.9. The lowest BCUT2D eigenvalue weighted by molar-refractivity contribution is -0.384. The molecule has 0 radical (unpaired) electrons. The maximum absolute atomic E-state index is 13.0. The Morgan fingerprint density at radius 3 is 2.49 bits per heavy atom. The number of nitro benzene ring substituents is 1. The van der Waals surface area contributed by atoms with E-state index in [2.05, 4.69) is 15.6 Å². The largest absolute Gasteiger partial charge is 0.416 e. The number of hydrogen-bond acceptors (Lipinski definition) is 5. The molecule has 0 saturated heterocycles. The summed E-state index contributed by atoms with van der Waals surface area (Å²) in [7, 11) is 0. The number of fused-ring (bicyclic) bond motifs is 1. The number of amides is 1. The molecule has 0 saturated carbocycles. The number of anilines is 3. The molecular weight excluding hydrogens is 485 g/mol. The molecule has 1 aromatic heterocycles. The van der Waals surface area contributed by atoms with E-state index in [0.717, 1.165) is 23.8 Å². The zero-order valence-corrected chi connectivity index (χ0v) is 18.7. The molecule has 0 aliphatic rings. The van der Waals surface area contributed by atoms with Gasteiger partial charge in [0, 0.05) is 28.9 Å². The lowest BCUT2D eigenvalue weighted by atomic mass is 10.1. The van der Waals surface area contributed by atoms with E-state index in [0.29, 0.717) is 22.4 Å². The fraction of sp³-hybridized carbons (Fsp3) is 0.0833. The number of benzene rings is 3. The van der Waals surface area contributed by atoms with Crippen molar-refractivity contribution in [3.63, 3.8) is 0 Å². The van der Waals surface area contributed by atoms with Gasteiger partial charge in [-0.3, -0.25) is 14.9 Å². The first-order valence-corrected chi connectivity index (χ1v) is 10.5. The van der Waals surface area contributed by atoms with E-state index >= 15 is 0 Å². The van der Waals surface area contributed by atoms with Crippen molar-refractivity contribution in [2.75, 3.05) is 10.6 Å². The Hall–Kier alpha value is -4.18. The van der Waals surface area contributed by atoms with Crippen LogP contribution in [0, 0.1) is 17.0 Å². The Morgan fingerprint density at radius 1 is 1.03 bits per heavy atom. The first kappa shape index (κ1) is 24.0. The minimum absolute atomic E-state index is 0.0550. The fourth-order valence-electron chi connectivity index (χ4n) is 3.46. The lowest BCUT2D eigenvalue weighted by Crippen LogP contribution is -2.12. The Balaban J connectivity index is 1.57. The van der Waals surface area contributed by atoms with E-state index in [-0.39, 0.29) is 22.0 Å². The highest BCUT2D eigenvalue weighted by Crippen LogP contribution is 2.32. The van der Waals surface area contributed by atoms with E-state index in [1.807, 2.05) is 0 Å². The summed E-state index contributed by atoms with van der Waals surface area (Å²) in [5.74, 6) is -0.179. The van der Waals surface area contributed by atoms with Crippen molar-refractivity contribution in [2.24, 2.45) is 0 Å². The molecule has 11 heteroatoms. The number of rotatable bonds is 5. The Bertz CT molecular complexity index is 1470. The van der Waals surface area contributed by atoms with Gasteiger partial charge in [-0.25, -0.2) is 4.98 Å². The van der Waals surface area contributed by atoms with Crippen LogP contribution in [0.4, 0.5) is 36.1 Å². The molecule has 3 aromatic carbocycles. The Labute approximate surface area is 201 Å². The van der Waals surface area contributed by atoms with Crippen molar-refractivity contribution < 1.29 is 22.9 Å². The van der Waals surface area contributed by atoms with Crippen LogP contribution < -0.4 is 10.6 Å².